The number of phenols is 1. The standard InChI is InChI=1S/C25H26O13/c1-5-10(27)15-16(17(29)9-6-11(28)14(23(34)35)8(2)13(9)18(15)30)19(31)20(32)22-25(4,37)24(3,36)21(33)12(7-26)38-22/h5-6,22,26-28,31-33,36-37H,7H2,1-4H3,(H,34,35)/b10-5-,20-19-/t22-,24?,25?/m1/s1. The van der Waals surface area contributed by atoms with Crippen LogP contribution in [0.25, 0.3) is 0 Å². The summed E-state index contributed by atoms with van der Waals surface area (Å²) in [7, 11) is 0. The van der Waals surface area contributed by atoms with Crippen molar-refractivity contribution in [2.45, 2.75) is 45.0 Å². The van der Waals surface area contributed by atoms with Crippen LogP contribution in [0.1, 0.15) is 57.4 Å². The number of aromatic carboxylic acids is 1. The number of ether oxygens (including phenoxy) is 1. The number of Topliss-reactive ketones (excluding diaryl/α,β-unsaturated/α-hetero) is 2. The molecule has 1 aliphatic carbocycles. The number of hydrogen-bond acceptors (Lipinski definition) is 12. The maximum Gasteiger partial charge on any atom is 0.339 e. The van der Waals surface area contributed by atoms with Crippen molar-refractivity contribution >= 4 is 17.5 Å². The van der Waals surface area contributed by atoms with Crippen molar-refractivity contribution in [2.75, 3.05) is 6.61 Å². The Labute approximate surface area is 214 Å². The van der Waals surface area contributed by atoms with Crippen molar-refractivity contribution in [1.82, 2.24) is 0 Å². The van der Waals surface area contributed by atoms with Gasteiger partial charge in [-0.1, -0.05) is 0 Å². The van der Waals surface area contributed by atoms with Crippen molar-refractivity contribution in [3.8, 4) is 5.75 Å². The smallest absolute Gasteiger partial charge is 0.339 e. The van der Waals surface area contributed by atoms with Crippen LogP contribution in [0, 0.1) is 6.92 Å². The zero-order chi connectivity index (χ0) is 29.1. The van der Waals surface area contributed by atoms with Crippen LogP contribution in [0.4, 0.5) is 0 Å². The van der Waals surface area contributed by atoms with Gasteiger partial charge in [-0.3, -0.25) is 9.59 Å². The molecule has 1 aromatic rings. The molecule has 0 fully saturated rings. The maximum atomic E-state index is 13.5. The van der Waals surface area contributed by atoms with E-state index in [4.69, 9.17) is 4.74 Å². The maximum absolute atomic E-state index is 13.5. The molecule has 3 rings (SSSR count). The summed E-state index contributed by atoms with van der Waals surface area (Å²) in [6.45, 7) is 3.24. The number of benzene rings is 1. The Bertz CT molecular complexity index is 1400. The SMILES string of the molecule is C/C=C(\O)C1=C(/C(O)=C(/O)[C@H]2OC(CO)=C(O)C(C)(O)C2(C)O)C(=O)c2cc(O)c(C(=O)O)c(C)c2C1=O. The summed E-state index contributed by atoms with van der Waals surface area (Å²) >= 11 is 0. The van der Waals surface area contributed by atoms with Gasteiger partial charge in [0, 0.05) is 11.1 Å². The fraction of sp³-hybridized carbons (Fsp3) is 0.320. The molecule has 0 spiro atoms. The van der Waals surface area contributed by atoms with Crippen LogP contribution in [0.15, 0.2) is 52.1 Å². The Kier molecular flexibility index (Phi) is 6.84. The summed E-state index contributed by atoms with van der Waals surface area (Å²) in [6, 6.07) is 0.683. The number of carbonyl (C=O) groups excluding carboxylic acids is 2. The molecule has 0 aromatic heterocycles. The molecule has 0 bridgehead atoms. The molecule has 1 heterocycles. The van der Waals surface area contributed by atoms with Gasteiger partial charge >= 0.3 is 5.97 Å². The van der Waals surface area contributed by atoms with E-state index < -0.39 is 104 Å². The second-order valence-electron chi connectivity index (χ2n) is 9.09. The number of carboxylic acid groups (broad SMARTS) is 1. The molecular weight excluding hydrogens is 508 g/mol. The normalized spacial score (nSPS) is 26.7. The van der Waals surface area contributed by atoms with E-state index >= 15 is 0 Å². The van der Waals surface area contributed by atoms with Crippen LogP contribution in [-0.4, -0.2) is 87.4 Å². The minimum Gasteiger partial charge on any atom is -0.508 e. The molecule has 13 heteroatoms. The third kappa shape index (κ3) is 3.79. The zero-order valence-electron chi connectivity index (χ0n) is 20.6. The zero-order valence-corrected chi connectivity index (χ0v) is 20.6. The molecular formula is C25H26O13. The first-order chi connectivity index (χ1) is 17.5. The third-order valence-electron chi connectivity index (χ3n) is 6.83. The Morgan fingerprint density at radius 3 is 2.13 bits per heavy atom. The van der Waals surface area contributed by atoms with E-state index in [-0.39, 0.29) is 5.56 Å². The van der Waals surface area contributed by atoms with E-state index in [2.05, 4.69) is 0 Å². The molecule has 0 saturated heterocycles. The molecule has 3 atom stereocenters. The monoisotopic (exact) mass is 534 g/mol. The number of aliphatic hydroxyl groups excluding tert-OH is 5. The number of aromatic hydroxyl groups is 1. The average Bonchev–Trinajstić information content (AvgIpc) is 2.83. The van der Waals surface area contributed by atoms with E-state index in [0.717, 1.165) is 26.8 Å². The molecule has 9 N–H and O–H groups in total. The minimum atomic E-state index is -2.61. The van der Waals surface area contributed by atoms with Crippen molar-refractivity contribution in [1.29, 1.82) is 0 Å². The summed E-state index contributed by atoms with van der Waals surface area (Å²) in [6.07, 6.45) is -1.15. The number of rotatable bonds is 5. The lowest BCUT2D eigenvalue weighted by molar-refractivity contribution is -0.205. The summed E-state index contributed by atoms with van der Waals surface area (Å²) in [5, 5.41) is 93.4. The largest absolute Gasteiger partial charge is 0.508 e. The Balaban J connectivity index is 2.37. The number of aliphatic hydroxyl groups is 7. The van der Waals surface area contributed by atoms with Crippen molar-refractivity contribution in [3.63, 3.8) is 0 Å². The highest BCUT2D eigenvalue weighted by molar-refractivity contribution is 6.30. The van der Waals surface area contributed by atoms with Crippen LogP contribution in [0.2, 0.25) is 0 Å². The second-order valence-corrected chi connectivity index (χ2v) is 9.09. The molecule has 0 saturated carbocycles. The fourth-order valence-corrected chi connectivity index (χ4v) is 4.41. The van der Waals surface area contributed by atoms with Crippen LogP contribution >= 0.6 is 0 Å². The van der Waals surface area contributed by atoms with Crippen LogP contribution in [0.3, 0.4) is 0 Å². The summed E-state index contributed by atoms with van der Waals surface area (Å²) in [5.74, 6) is -10.1. The topological polar surface area (TPSA) is 243 Å². The molecule has 1 aromatic carbocycles. The molecule has 1 aliphatic heterocycles. The van der Waals surface area contributed by atoms with Gasteiger partial charge in [0.2, 0.25) is 0 Å². The molecule has 2 unspecified atom stereocenters. The highest BCUT2D eigenvalue weighted by Gasteiger charge is 2.59. The van der Waals surface area contributed by atoms with Crippen LogP contribution in [-0.2, 0) is 4.74 Å². The van der Waals surface area contributed by atoms with Crippen molar-refractivity contribution in [2.24, 2.45) is 0 Å². The van der Waals surface area contributed by atoms with Gasteiger partial charge < -0.3 is 50.7 Å². The molecule has 0 amide bonds. The number of carbonyl (C=O) groups is 3. The van der Waals surface area contributed by atoms with Crippen LogP contribution < -0.4 is 0 Å². The Morgan fingerprint density at radius 1 is 1.05 bits per heavy atom. The summed E-state index contributed by atoms with van der Waals surface area (Å²) < 4.78 is 5.21. The van der Waals surface area contributed by atoms with E-state index in [1.165, 1.54) is 6.92 Å². The summed E-state index contributed by atoms with van der Waals surface area (Å²) in [5.41, 5.74) is -9.03. The van der Waals surface area contributed by atoms with Gasteiger partial charge in [0.1, 0.15) is 29.3 Å². The van der Waals surface area contributed by atoms with E-state index in [1.807, 2.05) is 0 Å². The first kappa shape index (κ1) is 28.2. The second kappa shape index (κ2) is 9.20. The van der Waals surface area contributed by atoms with Crippen molar-refractivity contribution < 1.29 is 65.1 Å². The predicted octanol–water partition coefficient (Wildman–Crippen LogP) is 1.53. The molecule has 13 nitrogen and oxygen atoms in total. The van der Waals surface area contributed by atoms with Gasteiger partial charge in [0.05, 0.1) is 11.1 Å². The lowest BCUT2D eigenvalue weighted by Gasteiger charge is -2.46. The lowest BCUT2D eigenvalue weighted by Crippen LogP contribution is -2.63. The number of fused-ring (bicyclic) bond motifs is 1. The van der Waals surface area contributed by atoms with Gasteiger partial charge in [0.25, 0.3) is 0 Å². The molecule has 2 aliphatic rings. The molecule has 204 valence electrons. The molecule has 38 heavy (non-hydrogen) atoms. The average molecular weight is 534 g/mol. The number of hydrogen-bond donors (Lipinski definition) is 9. The predicted molar refractivity (Wildman–Crippen MR) is 127 cm³/mol. The highest BCUT2D eigenvalue weighted by Crippen LogP contribution is 2.44. The van der Waals surface area contributed by atoms with Gasteiger partial charge in [-0.15, -0.1) is 0 Å². The van der Waals surface area contributed by atoms with E-state index in [0.29, 0.717) is 6.07 Å². The van der Waals surface area contributed by atoms with Crippen LogP contribution in [0.5, 0.6) is 5.75 Å². The number of allylic oxidation sites excluding steroid dienone is 3. The van der Waals surface area contributed by atoms with Gasteiger partial charge in [-0.2, -0.15) is 0 Å². The van der Waals surface area contributed by atoms with Gasteiger partial charge in [-0.25, -0.2) is 4.79 Å². The number of ketones is 2. The minimum absolute atomic E-state index is 0.304. The first-order valence-corrected chi connectivity index (χ1v) is 11.0. The lowest BCUT2D eigenvalue weighted by atomic mass is 9.75. The quantitative estimate of drug-likeness (QED) is 0.244. The number of carboxylic acids is 1. The third-order valence-corrected chi connectivity index (χ3v) is 6.83. The Morgan fingerprint density at radius 2 is 1.63 bits per heavy atom. The van der Waals surface area contributed by atoms with E-state index in [1.54, 1.807) is 0 Å². The fourth-order valence-electron chi connectivity index (χ4n) is 4.41. The first-order valence-electron chi connectivity index (χ1n) is 11.0. The van der Waals surface area contributed by atoms with E-state index in [9.17, 15) is 60.3 Å². The van der Waals surface area contributed by atoms with Gasteiger partial charge in [0.15, 0.2) is 46.3 Å². The Hall–Kier alpha value is -4.33. The summed E-state index contributed by atoms with van der Waals surface area (Å²) in [4.78, 5) is 38.6. The van der Waals surface area contributed by atoms with Gasteiger partial charge in [-0.05, 0) is 45.4 Å². The highest BCUT2D eigenvalue weighted by atomic mass is 16.5. The van der Waals surface area contributed by atoms with Crippen molar-refractivity contribution in [3.05, 3.63) is 74.3 Å². The molecule has 0 radical (unpaired) electrons.